The summed E-state index contributed by atoms with van der Waals surface area (Å²) in [6.45, 7) is 4.34. The minimum absolute atomic E-state index is 0.0402. The summed E-state index contributed by atoms with van der Waals surface area (Å²) in [6.07, 6.45) is 0. The zero-order chi connectivity index (χ0) is 19.6. The van der Waals surface area contributed by atoms with Crippen molar-refractivity contribution in [3.8, 4) is 11.5 Å². The Balaban J connectivity index is 1.87. The summed E-state index contributed by atoms with van der Waals surface area (Å²) in [7, 11) is -3.50. The van der Waals surface area contributed by atoms with Gasteiger partial charge in [-0.2, -0.15) is 0 Å². The van der Waals surface area contributed by atoms with Gasteiger partial charge in [-0.05, 0) is 36.8 Å². The molecule has 27 heavy (non-hydrogen) atoms. The second-order valence-corrected chi connectivity index (χ2v) is 9.21. The lowest BCUT2D eigenvalue weighted by atomic mass is 10.1. The quantitative estimate of drug-likeness (QED) is 0.748. The van der Waals surface area contributed by atoms with Crippen LogP contribution in [0.3, 0.4) is 0 Å². The molecule has 0 aromatic heterocycles. The normalized spacial score (nSPS) is 14.5. The number of carbonyl (C=O) groups excluding carboxylic acids is 1. The maximum absolute atomic E-state index is 12.8. The Hall–Kier alpha value is -2.06. The molecule has 144 valence electrons. The second-order valence-electron chi connectivity index (χ2n) is 6.11. The molecule has 0 spiro atoms. The standard InChI is InChI=1S/C19H20BrNO5S/c1-3-27(23,24)18-7-5-4-6-13(18)19(22)21-12(2)14-10-16-17(11-15(14)20)26-9-8-25-16/h4-7,10-12H,3,8-9H2,1-2H3,(H,21,22). The number of carbonyl (C=O) groups is 1. The van der Waals surface area contributed by atoms with Crippen LogP contribution in [0.4, 0.5) is 0 Å². The Morgan fingerprint density at radius 3 is 2.48 bits per heavy atom. The maximum Gasteiger partial charge on any atom is 0.253 e. The first-order valence-electron chi connectivity index (χ1n) is 8.55. The highest BCUT2D eigenvalue weighted by Crippen LogP contribution is 2.37. The molecule has 0 bridgehead atoms. The summed E-state index contributed by atoms with van der Waals surface area (Å²) in [5.74, 6) is 0.752. The van der Waals surface area contributed by atoms with E-state index >= 15 is 0 Å². The summed E-state index contributed by atoms with van der Waals surface area (Å²) in [5.41, 5.74) is 0.947. The number of nitrogens with one attached hydrogen (secondary N) is 1. The first-order chi connectivity index (χ1) is 12.8. The fourth-order valence-corrected chi connectivity index (χ4v) is 4.60. The molecule has 0 saturated heterocycles. The monoisotopic (exact) mass is 453 g/mol. The minimum atomic E-state index is -3.50. The van der Waals surface area contributed by atoms with Crippen molar-refractivity contribution in [2.45, 2.75) is 24.8 Å². The number of amides is 1. The Morgan fingerprint density at radius 2 is 1.81 bits per heavy atom. The smallest absolute Gasteiger partial charge is 0.253 e. The van der Waals surface area contributed by atoms with Crippen LogP contribution < -0.4 is 14.8 Å². The van der Waals surface area contributed by atoms with Gasteiger partial charge in [-0.15, -0.1) is 0 Å². The highest BCUT2D eigenvalue weighted by Gasteiger charge is 2.23. The van der Waals surface area contributed by atoms with E-state index in [9.17, 15) is 13.2 Å². The molecule has 1 atom stereocenters. The van der Waals surface area contributed by atoms with Crippen LogP contribution >= 0.6 is 15.9 Å². The fraction of sp³-hybridized carbons (Fsp3) is 0.316. The zero-order valence-corrected chi connectivity index (χ0v) is 17.4. The molecule has 1 N–H and O–H groups in total. The third-order valence-corrected chi connectivity index (χ3v) is 6.80. The Labute approximate surface area is 166 Å². The molecule has 1 aliphatic rings. The number of halogens is 1. The van der Waals surface area contributed by atoms with E-state index < -0.39 is 15.7 Å². The first kappa shape index (κ1) is 19.7. The Kier molecular flexibility index (Phi) is 5.76. The van der Waals surface area contributed by atoms with Gasteiger partial charge in [-0.25, -0.2) is 8.42 Å². The summed E-state index contributed by atoms with van der Waals surface area (Å²) in [4.78, 5) is 12.8. The number of hydrogen-bond acceptors (Lipinski definition) is 5. The van der Waals surface area contributed by atoms with Gasteiger partial charge in [-0.1, -0.05) is 35.0 Å². The molecule has 1 amide bonds. The zero-order valence-electron chi connectivity index (χ0n) is 15.0. The molecule has 0 fully saturated rings. The second kappa shape index (κ2) is 7.90. The molecule has 6 nitrogen and oxygen atoms in total. The van der Waals surface area contributed by atoms with Crippen molar-refractivity contribution in [2.24, 2.45) is 0 Å². The van der Waals surface area contributed by atoms with Crippen LogP contribution in [0, 0.1) is 0 Å². The molecular formula is C19H20BrNO5S. The number of ether oxygens (including phenoxy) is 2. The lowest BCUT2D eigenvalue weighted by Crippen LogP contribution is -2.28. The molecule has 2 aromatic carbocycles. The van der Waals surface area contributed by atoms with E-state index in [0.717, 1.165) is 10.0 Å². The van der Waals surface area contributed by atoms with Crippen molar-refractivity contribution in [3.05, 3.63) is 52.0 Å². The topological polar surface area (TPSA) is 81.7 Å². The van der Waals surface area contributed by atoms with Crippen molar-refractivity contribution in [1.82, 2.24) is 5.32 Å². The van der Waals surface area contributed by atoms with E-state index in [2.05, 4.69) is 21.2 Å². The molecule has 0 radical (unpaired) electrons. The van der Waals surface area contributed by atoms with Gasteiger partial charge in [-0.3, -0.25) is 4.79 Å². The van der Waals surface area contributed by atoms with E-state index in [1.54, 1.807) is 19.1 Å². The van der Waals surface area contributed by atoms with Crippen LogP contribution in [0.5, 0.6) is 11.5 Å². The molecular weight excluding hydrogens is 434 g/mol. The van der Waals surface area contributed by atoms with Gasteiger partial charge < -0.3 is 14.8 Å². The van der Waals surface area contributed by atoms with E-state index in [-0.39, 0.29) is 22.3 Å². The molecule has 0 aliphatic carbocycles. The van der Waals surface area contributed by atoms with Gasteiger partial charge in [0.1, 0.15) is 13.2 Å². The third-order valence-electron chi connectivity index (χ3n) is 4.32. The van der Waals surface area contributed by atoms with Crippen LogP contribution in [0.1, 0.15) is 35.8 Å². The largest absolute Gasteiger partial charge is 0.486 e. The predicted octanol–water partition coefficient (Wildman–Crippen LogP) is 3.50. The summed E-state index contributed by atoms with van der Waals surface area (Å²) in [6, 6.07) is 9.48. The average Bonchev–Trinajstić information content (AvgIpc) is 2.67. The average molecular weight is 454 g/mol. The van der Waals surface area contributed by atoms with E-state index in [1.165, 1.54) is 12.1 Å². The van der Waals surface area contributed by atoms with Crippen molar-refractivity contribution >= 4 is 31.7 Å². The highest BCUT2D eigenvalue weighted by molar-refractivity contribution is 9.10. The van der Waals surface area contributed by atoms with Gasteiger partial charge >= 0.3 is 0 Å². The van der Waals surface area contributed by atoms with Crippen LogP contribution in [-0.2, 0) is 9.84 Å². The predicted molar refractivity (Wildman–Crippen MR) is 105 cm³/mol. The van der Waals surface area contributed by atoms with E-state index in [1.807, 2.05) is 19.1 Å². The summed E-state index contributed by atoms with van der Waals surface area (Å²) in [5, 5.41) is 2.87. The number of sulfone groups is 1. The first-order valence-corrected chi connectivity index (χ1v) is 11.0. The lowest BCUT2D eigenvalue weighted by Gasteiger charge is -2.22. The van der Waals surface area contributed by atoms with Crippen LogP contribution in [0.15, 0.2) is 45.8 Å². The van der Waals surface area contributed by atoms with E-state index in [0.29, 0.717) is 24.7 Å². The highest BCUT2D eigenvalue weighted by atomic mass is 79.9. The number of fused-ring (bicyclic) bond motifs is 1. The van der Waals surface area contributed by atoms with Gasteiger partial charge in [0, 0.05) is 4.47 Å². The summed E-state index contributed by atoms with van der Waals surface area (Å²) >= 11 is 3.50. The number of rotatable bonds is 5. The fourth-order valence-electron chi connectivity index (χ4n) is 2.84. The van der Waals surface area contributed by atoms with Gasteiger partial charge in [0.2, 0.25) is 0 Å². The Bertz CT molecular complexity index is 974. The molecule has 8 heteroatoms. The van der Waals surface area contributed by atoms with Crippen LogP contribution in [-0.4, -0.2) is 33.3 Å². The Morgan fingerprint density at radius 1 is 1.19 bits per heavy atom. The van der Waals surface area contributed by atoms with Crippen molar-refractivity contribution in [1.29, 1.82) is 0 Å². The van der Waals surface area contributed by atoms with Gasteiger partial charge in [0.05, 0.1) is 22.3 Å². The SMILES string of the molecule is CCS(=O)(=O)c1ccccc1C(=O)NC(C)c1cc2c(cc1Br)OCCO2. The lowest BCUT2D eigenvalue weighted by molar-refractivity contribution is 0.0936. The summed E-state index contributed by atoms with van der Waals surface area (Å²) < 4.78 is 36.5. The van der Waals surface area contributed by atoms with Crippen molar-refractivity contribution in [3.63, 3.8) is 0 Å². The third kappa shape index (κ3) is 4.11. The molecule has 1 unspecified atom stereocenters. The maximum atomic E-state index is 12.8. The van der Waals surface area contributed by atoms with E-state index in [4.69, 9.17) is 9.47 Å². The number of benzene rings is 2. The van der Waals surface area contributed by atoms with Gasteiger partial charge in [0.25, 0.3) is 5.91 Å². The van der Waals surface area contributed by atoms with Crippen molar-refractivity contribution in [2.75, 3.05) is 19.0 Å². The minimum Gasteiger partial charge on any atom is -0.486 e. The molecule has 3 rings (SSSR count). The van der Waals surface area contributed by atoms with Gasteiger partial charge in [0.15, 0.2) is 21.3 Å². The molecule has 0 saturated carbocycles. The van der Waals surface area contributed by atoms with Crippen molar-refractivity contribution < 1.29 is 22.7 Å². The molecule has 1 heterocycles. The van der Waals surface area contributed by atoms with Crippen LogP contribution in [0.2, 0.25) is 0 Å². The molecule has 2 aromatic rings. The number of hydrogen-bond donors (Lipinski definition) is 1. The van der Waals surface area contributed by atoms with Crippen LogP contribution in [0.25, 0.3) is 0 Å². The molecule has 1 aliphatic heterocycles.